The Hall–Kier alpha value is -0.360. The Kier molecular flexibility index (Phi) is 6.55. The third-order valence-corrected chi connectivity index (χ3v) is 4.43. The zero-order valence-electron chi connectivity index (χ0n) is 11.7. The summed E-state index contributed by atoms with van der Waals surface area (Å²) in [6.45, 7) is 6.22. The molecule has 0 amide bonds. The number of anilines is 1. The number of nitrogens with zero attached hydrogens (tertiary/aromatic N) is 3. The van der Waals surface area contributed by atoms with Gasteiger partial charge in [-0.1, -0.05) is 18.0 Å². The van der Waals surface area contributed by atoms with Gasteiger partial charge < -0.3 is 10.6 Å². The van der Waals surface area contributed by atoms with Gasteiger partial charge in [0.15, 0.2) is 0 Å². The number of nitrogens with two attached hydrogens (primary N) is 1. The lowest BCUT2D eigenvalue weighted by Crippen LogP contribution is -2.47. The van der Waals surface area contributed by atoms with Crippen molar-refractivity contribution in [3.8, 4) is 0 Å². The SMILES string of the molecule is NCCCCCN1CCN(c2ncc(Cl)cc2Br)CC1. The number of pyridine rings is 1. The number of unbranched alkanes of at least 4 members (excludes halogenated alkanes) is 2. The zero-order valence-corrected chi connectivity index (χ0v) is 14.0. The fourth-order valence-corrected chi connectivity index (χ4v) is 3.37. The summed E-state index contributed by atoms with van der Waals surface area (Å²) in [5.41, 5.74) is 5.51. The maximum Gasteiger partial charge on any atom is 0.143 e. The molecular weight excluding hydrogens is 340 g/mol. The van der Waals surface area contributed by atoms with Gasteiger partial charge in [0.2, 0.25) is 0 Å². The fraction of sp³-hybridized carbons (Fsp3) is 0.643. The van der Waals surface area contributed by atoms with Gasteiger partial charge in [-0.15, -0.1) is 0 Å². The van der Waals surface area contributed by atoms with Crippen molar-refractivity contribution in [3.63, 3.8) is 0 Å². The van der Waals surface area contributed by atoms with Gasteiger partial charge >= 0.3 is 0 Å². The van der Waals surface area contributed by atoms with Crippen molar-refractivity contribution in [2.45, 2.75) is 19.3 Å². The van der Waals surface area contributed by atoms with Crippen LogP contribution in [0.3, 0.4) is 0 Å². The topological polar surface area (TPSA) is 45.4 Å². The summed E-state index contributed by atoms with van der Waals surface area (Å²) in [6, 6.07) is 1.91. The monoisotopic (exact) mass is 360 g/mol. The summed E-state index contributed by atoms with van der Waals surface area (Å²) in [4.78, 5) is 9.27. The van der Waals surface area contributed by atoms with Crippen molar-refractivity contribution in [2.24, 2.45) is 5.73 Å². The second-order valence-electron chi connectivity index (χ2n) is 5.14. The summed E-state index contributed by atoms with van der Waals surface area (Å²) in [5.74, 6) is 0.997. The van der Waals surface area contributed by atoms with Crippen LogP contribution in [0.5, 0.6) is 0 Å². The van der Waals surface area contributed by atoms with Gasteiger partial charge in [-0.2, -0.15) is 0 Å². The minimum absolute atomic E-state index is 0.666. The lowest BCUT2D eigenvalue weighted by atomic mass is 10.2. The van der Waals surface area contributed by atoms with Crippen LogP contribution in [-0.4, -0.2) is 49.2 Å². The van der Waals surface area contributed by atoms with E-state index in [9.17, 15) is 0 Å². The van der Waals surface area contributed by atoms with E-state index in [1.807, 2.05) is 6.07 Å². The molecule has 0 spiro atoms. The first-order valence-corrected chi connectivity index (χ1v) is 8.36. The van der Waals surface area contributed by atoms with Gasteiger partial charge in [0.25, 0.3) is 0 Å². The molecule has 2 rings (SSSR count). The molecule has 1 aromatic rings. The van der Waals surface area contributed by atoms with E-state index in [-0.39, 0.29) is 0 Å². The molecule has 2 heterocycles. The molecular formula is C14H22BrClN4. The van der Waals surface area contributed by atoms with Crippen molar-refractivity contribution in [1.82, 2.24) is 9.88 Å². The summed E-state index contributed by atoms with van der Waals surface area (Å²) < 4.78 is 0.974. The third kappa shape index (κ3) is 4.58. The highest BCUT2D eigenvalue weighted by atomic mass is 79.9. The van der Waals surface area contributed by atoms with Crippen LogP contribution in [0.4, 0.5) is 5.82 Å². The first-order valence-electron chi connectivity index (χ1n) is 7.19. The first kappa shape index (κ1) is 16.0. The van der Waals surface area contributed by atoms with E-state index >= 15 is 0 Å². The third-order valence-electron chi connectivity index (χ3n) is 3.64. The van der Waals surface area contributed by atoms with Gasteiger partial charge in [0.05, 0.1) is 9.50 Å². The lowest BCUT2D eigenvalue weighted by Gasteiger charge is -2.35. The number of hydrogen-bond acceptors (Lipinski definition) is 4. The maximum absolute atomic E-state index is 5.93. The van der Waals surface area contributed by atoms with Gasteiger partial charge in [-0.25, -0.2) is 4.98 Å². The van der Waals surface area contributed by atoms with Crippen molar-refractivity contribution in [3.05, 3.63) is 21.8 Å². The molecule has 20 heavy (non-hydrogen) atoms. The summed E-state index contributed by atoms with van der Waals surface area (Å²) >= 11 is 9.48. The van der Waals surface area contributed by atoms with E-state index in [0.717, 1.165) is 49.4 Å². The minimum Gasteiger partial charge on any atom is -0.353 e. The van der Waals surface area contributed by atoms with Gasteiger partial charge in [0.1, 0.15) is 5.82 Å². The highest BCUT2D eigenvalue weighted by Crippen LogP contribution is 2.27. The Balaban J connectivity index is 1.79. The van der Waals surface area contributed by atoms with E-state index in [1.165, 1.54) is 19.4 Å². The number of rotatable bonds is 6. The number of halogens is 2. The first-order chi connectivity index (χ1) is 9.70. The molecule has 1 aromatic heterocycles. The van der Waals surface area contributed by atoms with Crippen LogP contribution in [0, 0.1) is 0 Å². The number of piperazine rings is 1. The molecule has 1 saturated heterocycles. The standard InChI is InChI=1S/C14H22BrClN4/c15-13-10-12(16)11-18-14(13)20-8-6-19(7-9-20)5-3-1-2-4-17/h10-11H,1-9,17H2. The molecule has 0 aromatic carbocycles. The highest BCUT2D eigenvalue weighted by Gasteiger charge is 2.19. The largest absolute Gasteiger partial charge is 0.353 e. The predicted octanol–water partition coefficient (Wildman–Crippen LogP) is 2.75. The Bertz CT molecular complexity index is 422. The molecule has 4 nitrogen and oxygen atoms in total. The van der Waals surface area contributed by atoms with Gasteiger partial charge in [-0.3, -0.25) is 4.90 Å². The van der Waals surface area contributed by atoms with Crippen molar-refractivity contribution in [2.75, 3.05) is 44.2 Å². The van der Waals surface area contributed by atoms with Crippen LogP contribution in [0.25, 0.3) is 0 Å². The lowest BCUT2D eigenvalue weighted by molar-refractivity contribution is 0.252. The van der Waals surface area contributed by atoms with E-state index < -0.39 is 0 Å². The normalized spacial score (nSPS) is 16.6. The molecule has 0 unspecified atom stereocenters. The smallest absolute Gasteiger partial charge is 0.143 e. The zero-order chi connectivity index (χ0) is 14.4. The Morgan fingerprint density at radius 3 is 2.60 bits per heavy atom. The minimum atomic E-state index is 0.666. The van der Waals surface area contributed by atoms with E-state index in [1.54, 1.807) is 6.20 Å². The average molecular weight is 362 g/mol. The molecule has 2 N–H and O–H groups in total. The van der Waals surface area contributed by atoms with Gasteiger partial charge in [-0.05, 0) is 47.9 Å². The molecule has 1 aliphatic heterocycles. The molecule has 0 radical (unpaired) electrons. The van der Waals surface area contributed by atoms with Crippen LogP contribution < -0.4 is 10.6 Å². The molecule has 0 saturated carbocycles. The molecule has 1 fully saturated rings. The van der Waals surface area contributed by atoms with Crippen LogP contribution in [0.15, 0.2) is 16.7 Å². The molecule has 112 valence electrons. The van der Waals surface area contributed by atoms with Crippen molar-refractivity contribution in [1.29, 1.82) is 0 Å². The van der Waals surface area contributed by atoms with E-state index in [2.05, 4.69) is 30.7 Å². The fourth-order valence-electron chi connectivity index (χ4n) is 2.48. The second kappa shape index (κ2) is 8.17. The highest BCUT2D eigenvalue weighted by molar-refractivity contribution is 9.10. The maximum atomic E-state index is 5.93. The quantitative estimate of drug-likeness (QED) is 0.791. The van der Waals surface area contributed by atoms with Crippen molar-refractivity contribution >= 4 is 33.3 Å². The van der Waals surface area contributed by atoms with Crippen LogP contribution in [0.1, 0.15) is 19.3 Å². The average Bonchev–Trinajstić information content (AvgIpc) is 2.45. The van der Waals surface area contributed by atoms with E-state index in [4.69, 9.17) is 17.3 Å². The summed E-state index contributed by atoms with van der Waals surface area (Å²) in [6.07, 6.45) is 5.34. The summed E-state index contributed by atoms with van der Waals surface area (Å²) in [7, 11) is 0. The van der Waals surface area contributed by atoms with Crippen LogP contribution in [0.2, 0.25) is 5.02 Å². The molecule has 6 heteroatoms. The van der Waals surface area contributed by atoms with Crippen molar-refractivity contribution < 1.29 is 0 Å². The Morgan fingerprint density at radius 1 is 1.20 bits per heavy atom. The number of aromatic nitrogens is 1. The van der Waals surface area contributed by atoms with E-state index in [0.29, 0.717) is 5.02 Å². The van der Waals surface area contributed by atoms with Crippen LogP contribution in [-0.2, 0) is 0 Å². The molecule has 0 aliphatic carbocycles. The Labute approximate surface area is 134 Å². The van der Waals surface area contributed by atoms with Gasteiger partial charge in [0, 0.05) is 32.4 Å². The van der Waals surface area contributed by atoms with Crippen LogP contribution >= 0.6 is 27.5 Å². The predicted molar refractivity (Wildman–Crippen MR) is 88.5 cm³/mol. The number of hydrogen-bond donors (Lipinski definition) is 1. The molecule has 1 aliphatic rings. The molecule has 0 bridgehead atoms. The second-order valence-corrected chi connectivity index (χ2v) is 6.43. The molecule has 0 atom stereocenters. The Morgan fingerprint density at radius 2 is 1.95 bits per heavy atom. The summed E-state index contributed by atoms with van der Waals surface area (Å²) in [5, 5.41) is 0.666.